The number of carbonyl (C=O) groups excluding carboxylic acids is 3. The molecule has 1 N–H and O–H groups in total. The van der Waals surface area contributed by atoms with Crippen LogP contribution < -0.4 is 15.0 Å². The van der Waals surface area contributed by atoms with Crippen LogP contribution in [0.25, 0.3) is 6.08 Å². The third-order valence-corrected chi connectivity index (χ3v) is 7.11. The normalized spacial score (nSPS) is 14.9. The van der Waals surface area contributed by atoms with E-state index in [1.807, 2.05) is 24.3 Å². The zero-order valence-electron chi connectivity index (χ0n) is 18.1. The fraction of sp³-hybridized carbons (Fsp3) is 0.0800. The standard InChI is InChI=1S/C25H16BrCl3N2O4/c1-35-22-10-13(9-18(26)16(22)11-14-4-2-3-5-19(14)27)8-17-23(32)30-25(34)31(24(17)33)15-6-7-20(28)21(29)12-15/h2-10,12H,11H2,1H3,(H,30,32,34)/b17-8+. The molecule has 0 saturated carbocycles. The molecule has 4 rings (SSSR count). The lowest BCUT2D eigenvalue weighted by molar-refractivity contribution is -0.122. The highest BCUT2D eigenvalue weighted by Gasteiger charge is 2.37. The van der Waals surface area contributed by atoms with Crippen molar-refractivity contribution in [1.29, 1.82) is 0 Å². The van der Waals surface area contributed by atoms with Crippen LogP contribution in [0.3, 0.4) is 0 Å². The largest absolute Gasteiger partial charge is 0.496 e. The molecule has 0 spiro atoms. The minimum atomic E-state index is -0.885. The van der Waals surface area contributed by atoms with Gasteiger partial charge in [-0.2, -0.15) is 0 Å². The van der Waals surface area contributed by atoms with E-state index in [1.54, 1.807) is 12.1 Å². The first kappa shape index (κ1) is 25.3. The van der Waals surface area contributed by atoms with Crippen molar-refractivity contribution in [3.8, 4) is 5.75 Å². The van der Waals surface area contributed by atoms with Crippen LogP contribution >= 0.6 is 50.7 Å². The number of carbonyl (C=O) groups is 3. The summed E-state index contributed by atoms with van der Waals surface area (Å²) in [6, 6.07) is 14.3. The zero-order chi connectivity index (χ0) is 25.3. The van der Waals surface area contributed by atoms with Gasteiger partial charge in [-0.15, -0.1) is 0 Å². The zero-order valence-corrected chi connectivity index (χ0v) is 21.9. The molecule has 1 aliphatic rings. The first-order valence-corrected chi connectivity index (χ1v) is 12.1. The fourth-order valence-electron chi connectivity index (χ4n) is 3.58. The van der Waals surface area contributed by atoms with Crippen molar-refractivity contribution in [2.45, 2.75) is 6.42 Å². The molecular formula is C25H16BrCl3N2O4. The first-order valence-electron chi connectivity index (χ1n) is 10.2. The van der Waals surface area contributed by atoms with Gasteiger partial charge in [-0.05, 0) is 53.6 Å². The molecule has 10 heteroatoms. The molecule has 4 amide bonds. The first-order chi connectivity index (χ1) is 16.7. The molecule has 0 aromatic heterocycles. The maximum atomic E-state index is 13.2. The Kier molecular flexibility index (Phi) is 7.52. The summed E-state index contributed by atoms with van der Waals surface area (Å²) in [7, 11) is 1.53. The molecule has 178 valence electrons. The Hall–Kier alpha value is -2.84. The van der Waals surface area contributed by atoms with E-state index in [2.05, 4.69) is 21.2 Å². The molecule has 1 aliphatic heterocycles. The predicted molar refractivity (Wildman–Crippen MR) is 140 cm³/mol. The molecule has 3 aromatic rings. The van der Waals surface area contributed by atoms with Gasteiger partial charge < -0.3 is 4.74 Å². The highest BCUT2D eigenvalue weighted by atomic mass is 79.9. The second-order valence-corrected chi connectivity index (χ2v) is 9.58. The van der Waals surface area contributed by atoms with Crippen LogP contribution in [0.1, 0.15) is 16.7 Å². The van der Waals surface area contributed by atoms with Gasteiger partial charge in [-0.3, -0.25) is 14.9 Å². The monoisotopic (exact) mass is 592 g/mol. The van der Waals surface area contributed by atoms with E-state index < -0.39 is 17.8 Å². The molecule has 6 nitrogen and oxygen atoms in total. The molecular weight excluding hydrogens is 579 g/mol. The number of halogens is 4. The SMILES string of the molecule is COc1cc(/C=C2\C(=O)NC(=O)N(c3ccc(Cl)c(Cl)c3)C2=O)cc(Br)c1Cc1ccccc1Cl. The van der Waals surface area contributed by atoms with Crippen molar-refractivity contribution < 1.29 is 19.1 Å². The number of benzene rings is 3. The van der Waals surface area contributed by atoms with Crippen LogP contribution in [-0.4, -0.2) is 25.0 Å². The smallest absolute Gasteiger partial charge is 0.335 e. The van der Waals surface area contributed by atoms with E-state index in [0.29, 0.717) is 27.2 Å². The minimum Gasteiger partial charge on any atom is -0.496 e. The van der Waals surface area contributed by atoms with E-state index in [1.165, 1.54) is 31.4 Å². The van der Waals surface area contributed by atoms with Crippen LogP contribution in [-0.2, 0) is 16.0 Å². The van der Waals surface area contributed by atoms with E-state index in [4.69, 9.17) is 39.5 Å². The molecule has 1 heterocycles. The fourth-order valence-corrected chi connectivity index (χ4v) is 4.68. The van der Waals surface area contributed by atoms with E-state index in [-0.39, 0.29) is 21.3 Å². The average molecular weight is 595 g/mol. The number of hydrogen-bond donors (Lipinski definition) is 1. The second-order valence-electron chi connectivity index (χ2n) is 7.51. The molecule has 0 aliphatic carbocycles. The number of methoxy groups -OCH3 is 1. The number of nitrogens with one attached hydrogen (secondary N) is 1. The molecule has 0 bridgehead atoms. The highest BCUT2D eigenvalue weighted by Crippen LogP contribution is 2.34. The molecule has 0 atom stereocenters. The summed E-state index contributed by atoms with van der Waals surface area (Å²) >= 11 is 21.9. The van der Waals surface area contributed by atoms with Crippen LogP contribution in [0.5, 0.6) is 5.75 Å². The minimum absolute atomic E-state index is 0.162. The van der Waals surface area contributed by atoms with Gasteiger partial charge in [0.2, 0.25) is 0 Å². The predicted octanol–water partition coefficient (Wildman–Crippen LogP) is 6.68. The Bertz CT molecular complexity index is 1410. The Balaban J connectivity index is 1.72. The number of rotatable bonds is 5. The summed E-state index contributed by atoms with van der Waals surface area (Å²) in [4.78, 5) is 39.0. The molecule has 0 unspecified atom stereocenters. The molecule has 35 heavy (non-hydrogen) atoms. The van der Waals surface area contributed by atoms with Crippen LogP contribution in [0.2, 0.25) is 15.1 Å². The Morgan fingerprint density at radius 2 is 1.71 bits per heavy atom. The summed E-state index contributed by atoms with van der Waals surface area (Å²) in [5, 5.41) is 3.24. The topological polar surface area (TPSA) is 75.7 Å². The number of anilines is 1. The molecule has 1 saturated heterocycles. The Labute approximate surface area is 224 Å². The van der Waals surface area contributed by atoms with Gasteiger partial charge in [-0.25, -0.2) is 9.69 Å². The van der Waals surface area contributed by atoms with Crippen molar-refractivity contribution in [1.82, 2.24) is 5.32 Å². The number of amides is 4. The van der Waals surface area contributed by atoms with Gasteiger partial charge in [0.05, 0.1) is 22.8 Å². The van der Waals surface area contributed by atoms with Gasteiger partial charge in [-0.1, -0.05) is 68.9 Å². The van der Waals surface area contributed by atoms with Crippen molar-refractivity contribution in [3.63, 3.8) is 0 Å². The van der Waals surface area contributed by atoms with Crippen LogP contribution in [0.4, 0.5) is 10.5 Å². The van der Waals surface area contributed by atoms with Gasteiger partial charge in [0.1, 0.15) is 11.3 Å². The van der Waals surface area contributed by atoms with Gasteiger partial charge in [0.15, 0.2) is 0 Å². The second kappa shape index (κ2) is 10.4. The van der Waals surface area contributed by atoms with Crippen LogP contribution in [0, 0.1) is 0 Å². The van der Waals surface area contributed by atoms with E-state index in [9.17, 15) is 14.4 Å². The maximum Gasteiger partial charge on any atom is 0.335 e. The lowest BCUT2D eigenvalue weighted by Crippen LogP contribution is -2.54. The summed E-state index contributed by atoms with van der Waals surface area (Å²) in [5.41, 5.74) is 2.21. The lowest BCUT2D eigenvalue weighted by atomic mass is 10.0. The van der Waals surface area contributed by atoms with Crippen molar-refractivity contribution in [2.24, 2.45) is 0 Å². The number of barbiturate groups is 1. The third kappa shape index (κ3) is 5.23. The molecule has 1 fully saturated rings. The van der Waals surface area contributed by atoms with E-state index >= 15 is 0 Å². The summed E-state index contributed by atoms with van der Waals surface area (Å²) < 4.78 is 6.27. The van der Waals surface area contributed by atoms with Gasteiger partial charge >= 0.3 is 6.03 Å². The number of hydrogen-bond acceptors (Lipinski definition) is 4. The molecule has 0 radical (unpaired) electrons. The number of imide groups is 2. The van der Waals surface area contributed by atoms with E-state index in [0.717, 1.165) is 16.0 Å². The quantitative estimate of drug-likeness (QED) is 0.264. The van der Waals surface area contributed by atoms with Crippen LogP contribution in [0.15, 0.2) is 64.6 Å². The highest BCUT2D eigenvalue weighted by molar-refractivity contribution is 9.10. The van der Waals surface area contributed by atoms with Gasteiger partial charge in [0, 0.05) is 21.5 Å². The summed E-state index contributed by atoms with van der Waals surface area (Å²) in [6.45, 7) is 0. The average Bonchev–Trinajstić information content (AvgIpc) is 2.81. The van der Waals surface area contributed by atoms with Crippen molar-refractivity contribution >= 4 is 80.3 Å². The summed E-state index contributed by atoms with van der Waals surface area (Å²) in [6.07, 6.45) is 1.89. The Morgan fingerprint density at radius 1 is 0.971 bits per heavy atom. The molecule has 3 aromatic carbocycles. The lowest BCUT2D eigenvalue weighted by Gasteiger charge is -2.26. The number of nitrogens with zero attached hydrogens (tertiary/aromatic N) is 1. The Morgan fingerprint density at radius 3 is 2.40 bits per heavy atom. The third-order valence-electron chi connectivity index (χ3n) is 5.30. The maximum absolute atomic E-state index is 13.2. The van der Waals surface area contributed by atoms with Crippen molar-refractivity contribution in [2.75, 3.05) is 12.0 Å². The summed E-state index contributed by atoms with van der Waals surface area (Å²) in [5.74, 6) is -1.08. The van der Waals surface area contributed by atoms with Crippen molar-refractivity contribution in [3.05, 3.63) is 96.4 Å². The number of ether oxygens (including phenoxy) is 1. The number of urea groups is 1. The van der Waals surface area contributed by atoms with Gasteiger partial charge in [0.25, 0.3) is 11.8 Å².